The van der Waals surface area contributed by atoms with Crippen molar-refractivity contribution in [2.75, 3.05) is 26.9 Å². The van der Waals surface area contributed by atoms with Crippen LogP contribution in [0.2, 0.25) is 0 Å². The van der Waals surface area contributed by atoms with Crippen LogP contribution in [0.25, 0.3) is 10.9 Å². The van der Waals surface area contributed by atoms with Crippen LogP contribution in [0.3, 0.4) is 0 Å². The second-order valence-electron chi connectivity index (χ2n) is 6.91. The van der Waals surface area contributed by atoms with Crippen LogP contribution in [0.1, 0.15) is 16.8 Å². The molecule has 3 rings (SSSR count). The predicted molar refractivity (Wildman–Crippen MR) is 106 cm³/mol. The van der Waals surface area contributed by atoms with E-state index >= 15 is 0 Å². The van der Waals surface area contributed by atoms with Crippen LogP contribution in [0.5, 0.6) is 5.88 Å². The van der Waals surface area contributed by atoms with Crippen molar-refractivity contribution in [2.24, 2.45) is 0 Å². The van der Waals surface area contributed by atoms with Gasteiger partial charge >= 0.3 is 6.18 Å². The van der Waals surface area contributed by atoms with Crippen LogP contribution in [0.15, 0.2) is 30.7 Å². The van der Waals surface area contributed by atoms with E-state index in [1.807, 2.05) is 0 Å². The van der Waals surface area contributed by atoms with Gasteiger partial charge in [0.05, 0.1) is 30.8 Å². The smallest absolute Gasteiger partial charge is 0.422 e. The van der Waals surface area contributed by atoms with Crippen molar-refractivity contribution in [1.29, 1.82) is 0 Å². The molecule has 3 aromatic heterocycles. The van der Waals surface area contributed by atoms with Gasteiger partial charge in [0.25, 0.3) is 0 Å². The fourth-order valence-corrected chi connectivity index (χ4v) is 2.97. The van der Waals surface area contributed by atoms with E-state index in [9.17, 15) is 18.0 Å². The zero-order valence-corrected chi connectivity index (χ0v) is 17.1. The number of hydrogen-bond donors (Lipinski definition) is 1. The minimum Gasteiger partial charge on any atom is -0.468 e. The van der Waals surface area contributed by atoms with Crippen molar-refractivity contribution >= 4 is 16.8 Å². The summed E-state index contributed by atoms with van der Waals surface area (Å²) in [7, 11) is 1.56. The minimum absolute atomic E-state index is 0.0577. The van der Waals surface area contributed by atoms with Gasteiger partial charge in [-0.3, -0.25) is 14.5 Å². The molecular weight excluding hydrogens is 415 g/mol. The van der Waals surface area contributed by atoms with Gasteiger partial charge in [-0.1, -0.05) is 0 Å². The van der Waals surface area contributed by atoms with Gasteiger partial charge in [-0.05, 0) is 24.6 Å². The van der Waals surface area contributed by atoms with E-state index in [-0.39, 0.29) is 18.2 Å². The summed E-state index contributed by atoms with van der Waals surface area (Å²) in [5.74, 6) is -0.225. The van der Waals surface area contributed by atoms with Crippen molar-refractivity contribution in [1.82, 2.24) is 25.1 Å². The molecule has 31 heavy (non-hydrogen) atoms. The Hall–Kier alpha value is -3.21. The maximum atomic E-state index is 12.3. The van der Waals surface area contributed by atoms with Gasteiger partial charge in [-0.25, -0.2) is 4.98 Å². The number of hydrogen-bond acceptors (Lipinski definition) is 6. The Labute approximate surface area is 176 Å². The summed E-state index contributed by atoms with van der Waals surface area (Å²) in [4.78, 5) is 20.4. The Morgan fingerprint density at radius 1 is 1.29 bits per heavy atom. The van der Waals surface area contributed by atoms with E-state index in [1.165, 1.54) is 6.20 Å². The largest absolute Gasteiger partial charge is 0.468 e. The Morgan fingerprint density at radius 3 is 2.81 bits per heavy atom. The number of alkyl halides is 3. The van der Waals surface area contributed by atoms with Crippen molar-refractivity contribution in [2.45, 2.75) is 26.1 Å². The summed E-state index contributed by atoms with van der Waals surface area (Å²) in [6, 6.07) is 3.45. The molecule has 0 unspecified atom stereocenters. The molecular formula is C20H22F3N5O3. The van der Waals surface area contributed by atoms with Gasteiger partial charge in [0.15, 0.2) is 6.61 Å². The number of aryl methyl sites for hydroxylation is 1. The molecule has 0 bridgehead atoms. The molecule has 0 aromatic carbocycles. The number of aromatic nitrogens is 4. The average molecular weight is 437 g/mol. The average Bonchev–Trinajstić information content (AvgIpc) is 3.10. The maximum Gasteiger partial charge on any atom is 0.422 e. The maximum absolute atomic E-state index is 12.3. The first kappa shape index (κ1) is 22.5. The molecule has 0 aliphatic carbocycles. The Bertz CT molecular complexity index is 1050. The zero-order chi connectivity index (χ0) is 22.4. The van der Waals surface area contributed by atoms with Crippen LogP contribution in [-0.4, -0.2) is 58.7 Å². The number of nitrogens with one attached hydrogen (secondary N) is 1. The monoisotopic (exact) mass is 437 g/mol. The van der Waals surface area contributed by atoms with Gasteiger partial charge in [-0.2, -0.15) is 18.3 Å². The minimum atomic E-state index is -4.42. The fourth-order valence-electron chi connectivity index (χ4n) is 2.97. The van der Waals surface area contributed by atoms with E-state index in [2.05, 4.69) is 20.4 Å². The molecule has 0 atom stereocenters. The van der Waals surface area contributed by atoms with Gasteiger partial charge in [0.2, 0.25) is 11.8 Å². The number of pyridine rings is 2. The lowest BCUT2D eigenvalue weighted by molar-refractivity contribution is -0.154. The van der Waals surface area contributed by atoms with E-state index in [4.69, 9.17) is 9.47 Å². The number of halogens is 3. The SMILES string of the molecule is COCCNC(=O)Cc1nccc2nn(Cc3cnc(OCC(F)(F)F)c(C)c3)cc12. The second-order valence-corrected chi connectivity index (χ2v) is 6.91. The van der Waals surface area contributed by atoms with E-state index in [1.54, 1.807) is 43.2 Å². The summed E-state index contributed by atoms with van der Waals surface area (Å²) in [5.41, 5.74) is 2.53. The molecule has 1 N–H and O–H groups in total. The Kier molecular flexibility index (Phi) is 7.06. The third-order valence-electron chi connectivity index (χ3n) is 4.32. The van der Waals surface area contributed by atoms with Crippen LogP contribution < -0.4 is 10.1 Å². The molecule has 0 saturated carbocycles. The van der Waals surface area contributed by atoms with Crippen LogP contribution in [-0.2, 0) is 22.5 Å². The van der Waals surface area contributed by atoms with Crippen LogP contribution in [0, 0.1) is 6.92 Å². The standard InChI is InChI=1S/C20H22F3N5O3/c1-13-7-14(9-26-19(13)31-12-20(21,22)23)10-28-11-15-16(27-28)3-4-24-17(15)8-18(29)25-5-6-30-2/h3-4,7,9,11H,5-6,8,10,12H2,1-2H3,(H,25,29). The summed E-state index contributed by atoms with van der Waals surface area (Å²) >= 11 is 0. The third kappa shape index (κ3) is 6.38. The van der Waals surface area contributed by atoms with Gasteiger partial charge < -0.3 is 14.8 Å². The molecule has 0 spiro atoms. The van der Waals surface area contributed by atoms with Gasteiger partial charge in [0.1, 0.15) is 0 Å². The van der Waals surface area contributed by atoms with Crippen molar-refractivity contribution in [3.63, 3.8) is 0 Å². The number of ether oxygens (including phenoxy) is 2. The molecule has 0 saturated heterocycles. The van der Waals surface area contributed by atoms with Crippen LogP contribution >= 0.6 is 0 Å². The zero-order valence-electron chi connectivity index (χ0n) is 17.1. The molecule has 0 fully saturated rings. The summed E-state index contributed by atoms with van der Waals surface area (Å²) in [6.45, 7) is 1.43. The first-order valence-corrected chi connectivity index (χ1v) is 9.47. The fraction of sp³-hybridized carbons (Fsp3) is 0.400. The first-order valence-electron chi connectivity index (χ1n) is 9.47. The normalized spacial score (nSPS) is 11.6. The summed E-state index contributed by atoms with van der Waals surface area (Å²) in [6.07, 6.45) is 0.514. The van der Waals surface area contributed by atoms with Gasteiger partial charge in [0, 0.05) is 43.2 Å². The number of nitrogens with zero attached hydrogens (tertiary/aromatic N) is 4. The van der Waals surface area contributed by atoms with Gasteiger partial charge in [-0.15, -0.1) is 0 Å². The molecule has 3 aromatic rings. The van der Waals surface area contributed by atoms with Crippen molar-refractivity contribution in [3.8, 4) is 5.88 Å². The molecule has 166 valence electrons. The van der Waals surface area contributed by atoms with E-state index in [0.29, 0.717) is 36.5 Å². The molecule has 0 radical (unpaired) electrons. The quantitative estimate of drug-likeness (QED) is 0.517. The number of carbonyl (C=O) groups is 1. The number of carbonyl (C=O) groups excluding carboxylic acids is 1. The highest BCUT2D eigenvalue weighted by molar-refractivity contribution is 5.86. The van der Waals surface area contributed by atoms with E-state index in [0.717, 1.165) is 10.9 Å². The molecule has 1 amide bonds. The third-order valence-corrected chi connectivity index (χ3v) is 4.32. The lowest BCUT2D eigenvalue weighted by Gasteiger charge is -2.11. The molecule has 11 heteroatoms. The Balaban J connectivity index is 1.71. The Morgan fingerprint density at radius 2 is 2.10 bits per heavy atom. The highest BCUT2D eigenvalue weighted by Crippen LogP contribution is 2.21. The number of methoxy groups -OCH3 is 1. The number of fused-ring (bicyclic) bond motifs is 1. The predicted octanol–water partition coefficient (Wildman–Crippen LogP) is 2.43. The lowest BCUT2D eigenvalue weighted by Crippen LogP contribution is -2.28. The highest BCUT2D eigenvalue weighted by atomic mass is 19.4. The van der Waals surface area contributed by atoms with Crippen LogP contribution in [0.4, 0.5) is 13.2 Å². The first-order chi connectivity index (χ1) is 14.7. The van der Waals surface area contributed by atoms with Crippen molar-refractivity contribution < 1.29 is 27.4 Å². The molecule has 0 aliphatic rings. The molecule has 8 nitrogen and oxygen atoms in total. The second kappa shape index (κ2) is 9.73. The highest BCUT2D eigenvalue weighted by Gasteiger charge is 2.29. The lowest BCUT2D eigenvalue weighted by atomic mass is 10.2. The van der Waals surface area contributed by atoms with Crippen molar-refractivity contribution in [3.05, 3.63) is 47.5 Å². The summed E-state index contributed by atoms with van der Waals surface area (Å²) < 4.78 is 48.3. The molecule has 3 heterocycles. The number of rotatable bonds is 9. The van der Waals surface area contributed by atoms with E-state index < -0.39 is 12.8 Å². The molecule has 0 aliphatic heterocycles. The topological polar surface area (TPSA) is 91.2 Å². The summed E-state index contributed by atoms with van der Waals surface area (Å²) in [5, 5.41) is 7.99. The number of amides is 1.